The molecule has 0 aromatic carbocycles. The smallest absolute Gasteiger partial charge is 0.348 e. The van der Waals surface area contributed by atoms with Crippen LogP contribution in [0.3, 0.4) is 0 Å². The van der Waals surface area contributed by atoms with Gasteiger partial charge in [-0.25, -0.2) is 14.6 Å². The van der Waals surface area contributed by atoms with E-state index in [1.165, 1.54) is 18.0 Å². The lowest BCUT2D eigenvalue weighted by atomic mass is 10.2. The highest BCUT2D eigenvalue weighted by Gasteiger charge is 2.23. The molecule has 0 spiro atoms. The van der Waals surface area contributed by atoms with E-state index in [0.717, 1.165) is 11.3 Å². The lowest BCUT2D eigenvalue weighted by Gasteiger charge is -2.14. The van der Waals surface area contributed by atoms with E-state index in [-0.39, 0.29) is 6.61 Å². The van der Waals surface area contributed by atoms with Crippen molar-refractivity contribution in [2.24, 2.45) is 0 Å². The number of methoxy groups -OCH3 is 1. The molecule has 0 saturated carbocycles. The van der Waals surface area contributed by atoms with Crippen LogP contribution >= 0.6 is 11.3 Å². The van der Waals surface area contributed by atoms with Crippen molar-refractivity contribution in [3.63, 3.8) is 0 Å². The maximum absolute atomic E-state index is 12.7. The lowest BCUT2D eigenvalue weighted by molar-refractivity contribution is -0.148. The molecule has 8 nitrogen and oxygen atoms in total. The molecule has 2 heterocycles. The van der Waals surface area contributed by atoms with Gasteiger partial charge in [-0.2, -0.15) is 0 Å². The maximum atomic E-state index is 12.7. The van der Waals surface area contributed by atoms with Crippen LogP contribution in [0.5, 0.6) is 0 Å². The third kappa shape index (κ3) is 3.88. The second-order valence-electron chi connectivity index (χ2n) is 5.23. The van der Waals surface area contributed by atoms with Gasteiger partial charge < -0.3 is 14.2 Å². The minimum atomic E-state index is -0.841. The van der Waals surface area contributed by atoms with E-state index >= 15 is 0 Å². The van der Waals surface area contributed by atoms with Gasteiger partial charge in [-0.3, -0.25) is 9.36 Å². The van der Waals surface area contributed by atoms with Gasteiger partial charge in [0.2, 0.25) is 0 Å². The first-order valence-electron chi connectivity index (χ1n) is 7.75. The molecule has 2 rings (SSSR count). The van der Waals surface area contributed by atoms with Gasteiger partial charge >= 0.3 is 11.9 Å². The van der Waals surface area contributed by atoms with Crippen LogP contribution in [0, 0.1) is 6.92 Å². The quantitative estimate of drug-likeness (QED) is 0.542. The Labute approximate surface area is 148 Å². The SMILES string of the molecule is CCOCCOC(=O)C(C)n1cnc2sc(C(=O)OC)c(C)c2c1=O. The van der Waals surface area contributed by atoms with Crippen LogP contribution < -0.4 is 5.56 Å². The van der Waals surface area contributed by atoms with Gasteiger partial charge in [0.05, 0.1) is 25.4 Å². The zero-order chi connectivity index (χ0) is 18.6. The Kier molecular flexibility index (Phi) is 6.27. The molecule has 0 radical (unpaired) electrons. The van der Waals surface area contributed by atoms with Gasteiger partial charge in [0.15, 0.2) is 0 Å². The van der Waals surface area contributed by atoms with Gasteiger partial charge in [0.25, 0.3) is 5.56 Å². The molecule has 0 bridgehead atoms. The first-order chi connectivity index (χ1) is 11.9. The zero-order valence-corrected chi connectivity index (χ0v) is 15.3. The molecule has 9 heteroatoms. The molecule has 0 fully saturated rings. The van der Waals surface area contributed by atoms with Crippen molar-refractivity contribution in [3.8, 4) is 0 Å². The summed E-state index contributed by atoms with van der Waals surface area (Å²) in [6.07, 6.45) is 1.29. The third-order valence-corrected chi connectivity index (χ3v) is 4.86. The zero-order valence-electron chi connectivity index (χ0n) is 14.5. The minimum Gasteiger partial charge on any atom is -0.465 e. The fourth-order valence-corrected chi connectivity index (χ4v) is 3.34. The van der Waals surface area contributed by atoms with E-state index in [2.05, 4.69) is 4.98 Å². The van der Waals surface area contributed by atoms with Gasteiger partial charge in [-0.05, 0) is 26.3 Å². The monoisotopic (exact) mass is 368 g/mol. The van der Waals surface area contributed by atoms with E-state index in [4.69, 9.17) is 14.2 Å². The molecular weight excluding hydrogens is 348 g/mol. The molecule has 2 aromatic heterocycles. The van der Waals surface area contributed by atoms with Crippen LogP contribution in [-0.2, 0) is 19.0 Å². The first kappa shape index (κ1) is 19.1. The summed E-state index contributed by atoms with van der Waals surface area (Å²) in [6, 6.07) is -0.841. The third-order valence-electron chi connectivity index (χ3n) is 3.68. The number of ether oxygens (including phenoxy) is 3. The normalized spacial score (nSPS) is 12.2. The average molecular weight is 368 g/mol. The molecule has 0 aliphatic heterocycles. The second-order valence-corrected chi connectivity index (χ2v) is 6.22. The Bertz CT molecular complexity index is 841. The molecule has 0 amide bonds. The number of hydrogen-bond acceptors (Lipinski definition) is 8. The van der Waals surface area contributed by atoms with Crippen molar-refractivity contribution in [2.45, 2.75) is 26.8 Å². The summed E-state index contributed by atoms with van der Waals surface area (Å²) in [6.45, 7) is 6.01. The van der Waals surface area contributed by atoms with Crippen LogP contribution in [-0.4, -0.2) is 48.4 Å². The summed E-state index contributed by atoms with van der Waals surface area (Å²) in [4.78, 5) is 41.6. The van der Waals surface area contributed by atoms with E-state index in [9.17, 15) is 14.4 Å². The fraction of sp³-hybridized carbons (Fsp3) is 0.500. The molecule has 25 heavy (non-hydrogen) atoms. The Morgan fingerprint density at radius 1 is 1.36 bits per heavy atom. The number of aromatic nitrogens is 2. The Balaban J connectivity index is 2.32. The number of esters is 2. The highest BCUT2D eigenvalue weighted by Crippen LogP contribution is 2.27. The van der Waals surface area contributed by atoms with E-state index in [1.807, 2.05) is 6.92 Å². The molecule has 0 N–H and O–H groups in total. The van der Waals surface area contributed by atoms with Crippen molar-refractivity contribution in [1.29, 1.82) is 0 Å². The van der Waals surface area contributed by atoms with Crippen LogP contribution in [0.1, 0.15) is 35.1 Å². The second kappa shape index (κ2) is 8.21. The summed E-state index contributed by atoms with van der Waals surface area (Å²) >= 11 is 1.09. The number of thiophene rings is 1. The van der Waals surface area contributed by atoms with Gasteiger partial charge in [0.1, 0.15) is 22.4 Å². The van der Waals surface area contributed by atoms with Crippen LogP contribution in [0.15, 0.2) is 11.1 Å². The van der Waals surface area contributed by atoms with Gasteiger partial charge in [-0.15, -0.1) is 11.3 Å². The van der Waals surface area contributed by atoms with E-state index < -0.39 is 23.5 Å². The topological polar surface area (TPSA) is 96.7 Å². The minimum absolute atomic E-state index is 0.116. The Hall–Kier alpha value is -2.26. The van der Waals surface area contributed by atoms with E-state index in [1.54, 1.807) is 13.8 Å². The maximum Gasteiger partial charge on any atom is 0.348 e. The van der Waals surface area contributed by atoms with Crippen LogP contribution in [0.2, 0.25) is 0 Å². The number of carbonyl (C=O) groups excluding carboxylic acids is 2. The summed E-state index contributed by atoms with van der Waals surface area (Å²) in [7, 11) is 1.28. The van der Waals surface area contributed by atoms with Crippen molar-refractivity contribution in [2.75, 3.05) is 26.9 Å². The molecule has 0 saturated heterocycles. The van der Waals surface area contributed by atoms with Crippen molar-refractivity contribution >= 4 is 33.5 Å². The summed E-state index contributed by atoms with van der Waals surface area (Å²) in [5.41, 5.74) is 0.0961. The van der Waals surface area contributed by atoms with Crippen molar-refractivity contribution < 1.29 is 23.8 Å². The van der Waals surface area contributed by atoms with E-state index in [0.29, 0.717) is 33.9 Å². The molecular formula is C16H20N2O6S. The molecule has 1 atom stereocenters. The molecule has 0 aliphatic rings. The van der Waals surface area contributed by atoms with Gasteiger partial charge in [-0.1, -0.05) is 0 Å². The predicted molar refractivity (Wildman–Crippen MR) is 92.1 cm³/mol. The molecule has 0 aliphatic carbocycles. The molecule has 1 unspecified atom stereocenters. The Morgan fingerprint density at radius 2 is 2.08 bits per heavy atom. The largest absolute Gasteiger partial charge is 0.465 e. The molecule has 2 aromatic rings. The first-order valence-corrected chi connectivity index (χ1v) is 8.56. The fourth-order valence-electron chi connectivity index (χ4n) is 2.28. The average Bonchev–Trinajstić information content (AvgIpc) is 2.95. The summed E-state index contributed by atoms with van der Waals surface area (Å²) in [5, 5.41) is 0.307. The summed E-state index contributed by atoms with van der Waals surface area (Å²) < 4.78 is 16.1. The number of carbonyl (C=O) groups is 2. The number of nitrogens with zero attached hydrogens (tertiary/aromatic N) is 2. The predicted octanol–water partition coefficient (Wildman–Crippen LogP) is 1.69. The van der Waals surface area contributed by atoms with Crippen molar-refractivity contribution in [3.05, 3.63) is 27.1 Å². The number of hydrogen-bond donors (Lipinski definition) is 0. The van der Waals surface area contributed by atoms with Gasteiger partial charge in [0, 0.05) is 6.61 Å². The van der Waals surface area contributed by atoms with Crippen LogP contribution in [0.4, 0.5) is 0 Å². The number of rotatable bonds is 7. The lowest BCUT2D eigenvalue weighted by Crippen LogP contribution is -2.30. The Morgan fingerprint density at radius 3 is 2.72 bits per heavy atom. The highest BCUT2D eigenvalue weighted by atomic mass is 32.1. The highest BCUT2D eigenvalue weighted by molar-refractivity contribution is 7.20. The van der Waals surface area contributed by atoms with Crippen molar-refractivity contribution in [1.82, 2.24) is 9.55 Å². The number of fused-ring (bicyclic) bond motifs is 1. The summed E-state index contributed by atoms with van der Waals surface area (Å²) in [5.74, 6) is -1.07. The standard InChI is InChI=1S/C16H20N2O6S/c1-5-23-6-7-24-15(20)10(3)18-8-17-13-11(14(18)19)9(2)12(25-13)16(21)22-4/h8,10H,5-7H2,1-4H3. The molecule has 136 valence electrons. The number of aryl methyl sites for hydroxylation is 1. The van der Waals surface area contributed by atoms with Crippen LogP contribution in [0.25, 0.3) is 10.2 Å².